The van der Waals surface area contributed by atoms with Gasteiger partial charge in [0.1, 0.15) is 5.76 Å². The summed E-state index contributed by atoms with van der Waals surface area (Å²) in [5.41, 5.74) is 1.93. The first kappa shape index (κ1) is 15.0. The molecule has 0 radical (unpaired) electrons. The zero-order valence-corrected chi connectivity index (χ0v) is 12.6. The van der Waals surface area contributed by atoms with Crippen molar-refractivity contribution in [3.8, 4) is 0 Å². The second-order valence-corrected chi connectivity index (χ2v) is 5.90. The Morgan fingerprint density at radius 2 is 2.09 bits per heavy atom. The molecule has 2 aliphatic rings. The average molecular weight is 298 g/mol. The second-order valence-electron chi connectivity index (χ2n) is 5.90. The van der Waals surface area contributed by atoms with Gasteiger partial charge in [0.15, 0.2) is 5.78 Å². The highest BCUT2D eigenvalue weighted by atomic mass is 16.3. The van der Waals surface area contributed by atoms with Gasteiger partial charge < -0.3 is 15.7 Å². The van der Waals surface area contributed by atoms with E-state index in [0.717, 1.165) is 19.4 Å². The minimum absolute atomic E-state index is 0.0883. The van der Waals surface area contributed by atoms with Crippen molar-refractivity contribution in [3.05, 3.63) is 59.4 Å². The molecule has 0 spiro atoms. The number of ketones is 1. The van der Waals surface area contributed by atoms with Crippen molar-refractivity contribution in [2.75, 3.05) is 13.1 Å². The number of nitrogens with one attached hydrogen (secondary N) is 2. The molecule has 1 heterocycles. The van der Waals surface area contributed by atoms with Gasteiger partial charge in [-0.05, 0) is 37.1 Å². The highest BCUT2D eigenvalue weighted by Gasteiger charge is 2.26. The fourth-order valence-corrected chi connectivity index (χ4v) is 3.16. The minimum atomic E-state index is 0.0883. The standard InChI is InChI=1S/C18H22N2O2/c21-15-8-9-17(22)14(11-15)12-20-16-7-4-10-19-18(16)13-5-2-1-3-6-13/h1-3,5-6,8,11,16,18-21H,4,7,9-10,12H2. The van der Waals surface area contributed by atoms with Crippen LogP contribution in [0.5, 0.6) is 0 Å². The summed E-state index contributed by atoms with van der Waals surface area (Å²) in [5, 5.41) is 16.6. The Hall–Kier alpha value is -1.91. The maximum absolute atomic E-state index is 11.9. The first-order chi connectivity index (χ1) is 10.7. The quantitative estimate of drug-likeness (QED) is 0.799. The highest BCUT2D eigenvalue weighted by Crippen LogP contribution is 2.24. The molecule has 1 aliphatic heterocycles. The molecule has 2 atom stereocenters. The van der Waals surface area contributed by atoms with Gasteiger partial charge in [-0.25, -0.2) is 0 Å². The Morgan fingerprint density at radius 1 is 1.27 bits per heavy atom. The Kier molecular flexibility index (Phi) is 4.71. The van der Waals surface area contributed by atoms with Crippen molar-refractivity contribution in [2.45, 2.75) is 31.3 Å². The molecule has 0 amide bonds. The van der Waals surface area contributed by atoms with Crippen molar-refractivity contribution in [3.63, 3.8) is 0 Å². The molecule has 1 aromatic rings. The van der Waals surface area contributed by atoms with Gasteiger partial charge in [-0.1, -0.05) is 30.3 Å². The lowest BCUT2D eigenvalue weighted by Crippen LogP contribution is -2.46. The van der Waals surface area contributed by atoms with Gasteiger partial charge in [0, 0.05) is 30.6 Å². The van der Waals surface area contributed by atoms with Crippen LogP contribution in [0.15, 0.2) is 53.8 Å². The van der Waals surface area contributed by atoms with Crippen LogP contribution in [0.1, 0.15) is 30.9 Å². The Balaban J connectivity index is 1.67. The summed E-state index contributed by atoms with van der Waals surface area (Å²) in [6.07, 6.45) is 5.63. The van der Waals surface area contributed by atoms with Gasteiger partial charge in [-0.3, -0.25) is 4.79 Å². The maximum Gasteiger partial charge on any atom is 0.164 e. The van der Waals surface area contributed by atoms with Crippen LogP contribution in [0.4, 0.5) is 0 Å². The SMILES string of the molecule is O=C1CC=C(O)C=C1CNC1CCCNC1c1ccccc1. The number of hydrogen-bond acceptors (Lipinski definition) is 4. The summed E-state index contributed by atoms with van der Waals surface area (Å²) in [5.74, 6) is 0.281. The van der Waals surface area contributed by atoms with Crippen molar-refractivity contribution < 1.29 is 9.90 Å². The fraction of sp³-hybridized carbons (Fsp3) is 0.389. The van der Waals surface area contributed by atoms with Crippen molar-refractivity contribution in [1.82, 2.24) is 10.6 Å². The van der Waals surface area contributed by atoms with E-state index in [1.807, 2.05) is 6.07 Å². The van der Waals surface area contributed by atoms with Crippen molar-refractivity contribution in [1.29, 1.82) is 0 Å². The molecular weight excluding hydrogens is 276 g/mol. The molecule has 1 saturated heterocycles. The molecule has 1 fully saturated rings. The third-order valence-corrected chi connectivity index (χ3v) is 4.35. The smallest absolute Gasteiger partial charge is 0.164 e. The van der Waals surface area contributed by atoms with Gasteiger partial charge in [0.25, 0.3) is 0 Å². The van der Waals surface area contributed by atoms with Crippen LogP contribution in [-0.4, -0.2) is 30.0 Å². The van der Waals surface area contributed by atoms with E-state index in [4.69, 9.17) is 0 Å². The molecule has 2 unspecified atom stereocenters. The molecule has 0 saturated carbocycles. The third-order valence-electron chi connectivity index (χ3n) is 4.35. The largest absolute Gasteiger partial charge is 0.508 e. The molecule has 3 rings (SSSR count). The zero-order valence-electron chi connectivity index (χ0n) is 12.6. The molecule has 0 aromatic heterocycles. The number of benzene rings is 1. The summed E-state index contributed by atoms with van der Waals surface area (Å²) < 4.78 is 0. The number of Topliss-reactive ketones (excluding diaryl/α,β-unsaturated/α-hetero) is 1. The van der Waals surface area contributed by atoms with Crippen LogP contribution in [0.3, 0.4) is 0 Å². The Labute approximate surface area is 130 Å². The fourth-order valence-electron chi connectivity index (χ4n) is 3.16. The summed E-state index contributed by atoms with van der Waals surface area (Å²) in [7, 11) is 0. The van der Waals surface area contributed by atoms with E-state index in [1.165, 1.54) is 5.56 Å². The van der Waals surface area contributed by atoms with E-state index in [2.05, 4.69) is 34.9 Å². The maximum atomic E-state index is 11.9. The van der Waals surface area contributed by atoms with Gasteiger partial charge in [0.05, 0.1) is 0 Å². The van der Waals surface area contributed by atoms with Crippen molar-refractivity contribution in [2.24, 2.45) is 0 Å². The molecule has 4 heteroatoms. The lowest BCUT2D eigenvalue weighted by Gasteiger charge is -2.34. The first-order valence-electron chi connectivity index (χ1n) is 7.88. The number of rotatable bonds is 4. The lowest BCUT2D eigenvalue weighted by molar-refractivity contribution is -0.115. The van der Waals surface area contributed by atoms with E-state index < -0.39 is 0 Å². The average Bonchev–Trinajstić information content (AvgIpc) is 2.57. The molecule has 1 aliphatic carbocycles. The second kappa shape index (κ2) is 6.90. The third kappa shape index (κ3) is 3.46. The molecule has 4 nitrogen and oxygen atoms in total. The number of carbonyl (C=O) groups is 1. The van der Waals surface area contributed by atoms with Crippen LogP contribution < -0.4 is 10.6 Å². The van der Waals surface area contributed by atoms with Gasteiger partial charge >= 0.3 is 0 Å². The van der Waals surface area contributed by atoms with Crippen LogP contribution in [0, 0.1) is 0 Å². The summed E-state index contributed by atoms with van der Waals surface area (Å²) in [4.78, 5) is 11.9. The highest BCUT2D eigenvalue weighted by molar-refractivity contribution is 5.98. The molecule has 0 bridgehead atoms. The van der Waals surface area contributed by atoms with Gasteiger partial charge in [0.2, 0.25) is 0 Å². The molecule has 1 aromatic carbocycles. The minimum Gasteiger partial charge on any atom is -0.508 e. The number of aliphatic hydroxyl groups is 1. The molecule has 22 heavy (non-hydrogen) atoms. The van der Waals surface area contributed by atoms with E-state index in [1.54, 1.807) is 12.2 Å². The Morgan fingerprint density at radius 3 is 2.91 bits per heavy atom. The van der Waals surface area contributed by atoms with Gasteiger partial charge in [-0.15, -0.1) is 0 Å². The summed E-state index contributed by atoms with van der Waals surface area (Å²) in [6, 6.07) is 11.0. The van der Waals surface area contributed by atoms with Crippen LogP contribution in [0.25, 0.3) is 0 Å². The predicted molar refractivity (Wildman–Crippen MR) is 86.6 cm³/mol. The topological polar surface area (TPSA) is 61.4 Å². The molecule has 116 valence electrons. The molecule has 3 N–H and O–H groups in total. The first-order valence-corrected chi connectivity index (χ1v) is 7.88. The number of hydrogen-bond donors (Lipinski definition) is 3. The van der Waals surface area contributed by atoms with E-state index >= 15 is 0 Å². The lowest BCUT2D eigenvalue weighted by atomic mass is 9.91. The van der Waals surface area contributed by atoms with E-state index in [-0.39, 0.29) is 23.6 Å². The number of aliphatic hydroxyl groups excluding tert-OH is 1. The molecular formula is C18H22N2O2. The van der Waals surface area contributed by atoms with Crippen LogP contribution in [0.2, 0.25) is 0 Å². The Bertz CT molecular complexity index is 592. The monoisotopic (exact) mass is 298 g/mol. The van der Waals surface area contributed by atoms with E-state index in [0.29, 0.717) is 18.5 Å². The zero-order chi connectivity index (χ0) is 15.4. The predicted octanol–water partition coefficient (Wildman–Crippen LogP) is 2.41. The number of piperidine rings is 1. The van der Waals surface area contributed by atoms with Crippen molar-refractivity contribution >= 4 is 5.78 Å². The normalized spacial score (nSPS) is 25.5. The summed E-state index contributed by atoms with van der Waals surface area (Å²) in [6.45, 7) is 1.52. The summed E-state index contributed by atoms with van der Waals surface area (Å²) >= 11 is 0. The van der Waals surface area contributed by atoms with Crippen LogP contribution in [-0.2, 0) is 4.79 Å². The number of allylic oxidation sites excluding steroid dienone is 2. The van der Waals surface area contributed by atoms with Gasteiger partial charge in [-0.2, -0.15) is 0 Å². The number of carbonyl (C=O) groups excluding carboxylic acids is 1. The van der Waals surface area contributed by atoms with Crippen LogP contribution >= 0.6 is 0 Å². The van der Waals surface area contributed by atoms with E-state index in [9.17, 15) is 9.90 Å².